The third-order valence-corrected chi connectivity index (χ3v) is 6.14. The molecule has 2 amide bonds. The molecule has 2 aliphatic heterocycles. The van der Waals surface area contributed by atoms with E-state index in [0.29, 0.717) is 12.5 Å². The van der Waals surface area contributed by atoms with Crippen molar-refractivity contribution in [3.63, 3.8) is 0 Å². The van der Waals surface area contributed by atoms with Crippen LogP contribution in [0.25, 0.3) is 10.9 Å². The molecule has 1 aromatic carbocycles. The molecule has 2 fully saturated rings. The first-order valence-electron chi connectivity index (χ1n) is 10.5. The summed E-state index contributed by atoms with van der Waals surface area (Å²) in [5.74, 6) is -0.115. The quantitative estimate of drug-likeness (QED) is 0.834. The van der Waals surface area contributed by atoms with E-state index < -0.39 is 6.04 Å². The lowest BCUT2D eigenvalue weighted by atomic mass is 10.00. The Hall–Kier alpha value is -2.34. The van der Waals surface area contributed by atoms with Crippen LogP contribution in [0.1, 0.15) is 38.2 Å². The highest BCUT2D eigenvalue weighted by molar-refractivity contribution is 5.89. The number of H-pyrrole nitrogens is 1. The second-order valence-corrected chi connectivity index (χ2v) is 8.14. The van der Waals surface area contributed by atoms with E-state index in [4.69, 9.17) is 0 Å². The maximum absolute atomic E-state index is 13.3. The molecular formula is C22H30N4O2. The summed E-state index contributed by atoms with van der Waals surface area (Å²) in [6.07, 6.45) is 7.19. The first kappa shape index (κ1) is 19.0. The Labute approximate surface area is 166 Å². The van der Waals surface area contributed by atoms with Gasteiger partial charge in [0.25, 0.3) is 0 Å². The molecule has 2 N–H and O–H groups in total. The van der Waals surface area contributed by atoms with Crippen LogP contribution in [0.3, 0.4) is 0 Å². The number of nitrogens with one attached hydrogen (secondary N) is 2. The van der Waals surface area contributed by atoms with Crippen LogP contribution < -0.4 is 5.32 Å². The van der Waals surface area contributed by atoms with Crippen LogP contribution in [0.4, 0.5) is 0 Å². The van der Waals surface area contributed by atoms with Crippen molar-refractivity contribution in [1.29, 1.82) is 0 Å². The minimum absolute atomic E-state index is 0.0457. The summed E-state index contributed by atoms with van der Waals surface area (Å²) in [4.78, 5) is 32.9. The van der Waals surface area contributed by atoms with E-state index in [1.165, 1.54) is 19.8 Å². The van der Waals surface area contributed by atoms with Gasteiger partial charge >= 0.3 is 0 Å². The number of piperidine rings is 1. The molecule has 3 heterocycles. The summed E-state index contributed by atoms with van der Waals surface area (Å²) in [5.41, 5.74) is 2.12. The van der Waals surface area contributed by atoms with E-state index in [0.717, 1.165) is 55.5 Å². The zero-order chi connectivity index (χ0) is 19.5. The van der Waals surface area contributed by atoms with E-state index in [1.54, 1.807) is 0 Å². The van der Waals surface area contributed by atoms with Gasteiger partial charge in [0.2, 0.25) is 11.8 Å². The first-order valence-corrected chi connectivity index (χ1v) is 10.5. The van der Waals surface area contributed by atoms with Gasteiger partial charge in [-0.3, -0.25) is 14.5 Å². The Morgan fingerprint density at radius 1 is 1.18 bits per heavy atom. The lowest BCUT2D eigenvalue weighted by molar-refractivity contribution is -0.137. The fraction of sp³-hybridized carbons (Fsp3) is 0.545. The van der Waals surface area contributed by atoms with Gasteiger partial charge < -0.3 is 15.2 Å². The van der Waals surface area contributed by atoms with Gasteiger partial charge in [0.05, 0.1) is 0 Å². The Bertz CT molecular complexity index is 840. The first-order chi connectivity index (χ1) is 13.6. The van der Waals surface area contributed by atoms with E-state index in [-0.39, 0.29) is 11.8 Å². The molecule has 28 heavy (non-hydrogen) atoms. The summed E-state index contributed by atoms with van der Waals surface area (Å²) in [6, 6.07) is 8.02. The molecule has 2 atom stereocenters. The number of fused-ring (bicyclic) bond motifs is 1. The van der Waals surface area contributed by atoms with Crippen LogP contribution in [-0.4, -0.2) is 64.9 Å². The SMILES string of the molecule is CC(=O)NC(Cc1c[nH]c2ccccc12)C(=O)N1CCCC(N2CCCC2)C1. The lowest BCUT2D eigenvalue weighted by Crippen LogP contribution is -2.55. The highest BCUT2D eigenvalue weighted by Gasteiger charge is 2.33. The molecule has 2 unspecified atom stereocenters. The minimum atomic E-state index is -0.519. The molecule has 6 heteroatoms. The van der Waals surface area contributed by atoms with Crippen molar-refractivity contribution in [3.8, 4) is 0 Å². The Balaban J connectivity index is 1.49. The van der Waals surface area contributed by atoms with E-state index in [9.17, 15) is 9.59 Å². The molecular weight excluding hydrogens is 352 g/mol. The minimum Gasteiger partial charge on any atom is -0.361 e. The van der Waals surface area contributed by atoms with E-state index >= 15 is 0 Å². The molecule has 0 aliphatic carbocycles. The Kier molecular flexibility index (Phi) is 5.67. The van der Waals surface area contributed by atoms with Gasteiger partial charge in [-0.25, -0.2) is 0 Å². The molecule has 2 saturated heterocycles. The smallest absolute Gasteiger partial charge is 0.245 e. The second kappa shape index (κ2) is 8.35. The third kappa shape index (κ3) is 4.07. The maximum Gasteiger partial charge on any atom is 0.245 e. The summed E-state index contributed by atoms with van der Waals surface area (Å²) in [7, 11) is 0. The van der Waals surface area contributed by atoms with Gasteiger partial charge in [0.1, 0.15) is 6.04 Å². The Morgan fingerprint density at radius 2 is 1.96 bits per heavy atom. The maximum atomic E-state index is 13.3. The van der Waals surface area contributed by atoms with Crippen molar-refractivity contribution in [2.75, 3.05) is 26.2 Å². The van der Waals surface area contributed by atoms with Gasteiger partial charge in [-0.15, -0.1) is 0 Å². The van der Waals surface area contributed by atoms with E-state index in [1.807, 2.05) is 29.3 Å². The molecule has 0 radical (unpaired) electrons. The molecule has 1 aromatic heterocycles. The van der Waals surface area contributed by atoms with Crippen LogP contribution in [0, 0.1) is 0 Å². The largest absolute Gasteiger partial charge is 0.361 e. The molecule has 6 nitrogen and oxygen atoms in total. The van der Waals surface area contributed by atoms with Crippen molar-refractivity contribution in [2.45, 2.75) is 51.1 Å². The molecule has 4 rings (SSSR count). The van der Waals surface area contributed by atoms with Crippen LogP contribution in [-0.2, 0) is 16.0 Å². The van der Waals surface area contributed by atoms with Crippen LogP contribution in [0.5, 0.6) is 0 Å². The summed E-state index contributed by atoms with van der Waals surface area (Å²) < 4.78 is 0. The number of carbonyl (C=O) groups excluding carboxylic acids is 2. The second-order valence-electron chi connectivity index (χ2n) is 8.14. The number of amides is 2. The number of likely N-dealkylation sites (tertiary alicyclic amines) is 2. The van der Waals surface area contributed by atoms with Gasteiger partial charge in [-0.1, -0.05) is 18.2 Å². The molecule has 0 saturated carbocycles. The predicted molar refractivity (Wildman–Crippen MR) is 110 cm³/mol. The van der Waals surface area contributed by atoms with Gasteiger partial charge in [0.15, 0.2) is 0 Å². The summed E-state index contributed by atoms with van der Waals surface area (Å²) in [6.45, 7) is 5.35. The zero-order valence-corrected chi connectivity index (χ0v) is 16.6. The highest BCUT2D eigenvalue weighted by atomic mass is 16.2. The van der Waals surface area contributed by atoms with Crippen molar-refractivity contribution >= 4 is 22.7 Å². The number of aromatic nitrogens is 1. The number of carbonyl (C=O) groups is 2. The van der Waals surface area contributed by atoms with Gasteiger partial charge in [-0.2, -0.15) is 0 Å². The standard InChI is InChI=1S/C22H30N4O2/c1-16(27)24-21(13-17-14-23-20-9-3-2-8-19(17)20)22(28)26-12-6-7-18(15-26)25-10-4-5-11-25/h2-3,8-9,14,18,21,23H,4-7,10-13,15H2,1H3,(H,24,27). The molecule has 2 aromatic rings. The number of para-hydroxylation sites is 1. The average molecular weight is 383 g/mol. The predicted octanol–water partition coefficient (Wildman–Crippen LogP) is 2.30. The monoisotopic (exact) mass is 382 g/mol. The zero-order valence-electron chi connectivity index (χ0n) is 16.6. The fourth-order valence-electron chi connectivity index (χ4n) is 4.75. The number of rotatable bonds is 5. The van der Waals surface area contributed by atoms with Crippen LogP contribution in [0.2, 0.25) is 0 Å². The highest BCUT2D eigenvalue weighted by Crippen LogP contribution is 2.23. The van der Waals surface area contributed by atoms with Crippen molar-refractivity contribution in [1.82, 2.24) is 20.1 Å². The van der Waals surface area contributed by atoms with Crippen LogP contribution in [0.15, 0.2) is 30.5 Å². The molecule has 0 bridgehead atoms. The van der Waals surface area contributed by atoms with Gasteiger partial charge in [-0.05, 0) is 50.4 Å². The van der Waals surface area contributed by atoms with E-state index in [2.05, 4.69) is 21.3 Å². The molecule has 150 valence electrons. The van der Waals surface area contributed by atoms with Crippen LogP contribution >= 0.6 is 0 Å². The third-order valence-electron chi connectivity index (χ3n) is 6.14. The fourth-order valence-corrected chi connectivity index (χ4v) is 4.75. The summed E-state index contributed by atoms with van der Waals surface area (Å²) >= 11 is 0. The number of hydrogen-bond donors (Lipinski definition) is 2. The Morgan fingerprint density at radius 3 is 2.75 bits per heavy atom. The average Bonchev–Trinajstić information content (AvgIpc) is 3.37. The van der Waals surface area contributed by atoms with Crippen molar-refractivity contribution < 1.29 is 9.59 Å². The number of hydrogen-bond acceptors (Lipinski definition) is 3. The van der Waals surface area contributed by atoms with Crippen molar-refractivity contribution in [3.05, 3.63) is 36.0 Å². The molecule has 0 spiro atoms. The summed E-state index contributed by atoms with van der Waals surface area (Å²) in [5, 5.41) is 4.02. The normalized spacial score (nSPS) is 21.8. The van der Waals surface area contributed by atoms with Crippen molar-refractivity contribution in [2.24, 2.45) is 0 Å². The number of benzene rings is 1. The number of aromatic amines is 1. The topological polar surface area (TPSA) is 68.4 Å². The molecule has 2 aliphatic rings. The van der Waals surface area contributed by atoms with Gasteiger partial charge in [0, 0.05) is 49.6 Å². The lowest BCUT2D eigenvalue weighted by Gasteiger charge is -2.39. The number of nitrogens with zero attached hydrogens (tertiary/aromatic N) is 2.